The number of carbonyl (C=O) groups is 3. The lowest BCUT2D eigenvalue weighted by Crippen LogP contribution is -2.11. The Labute approximate surface area is 73.9 Å². The molecule has 13 heavy (non-hydrogen) atoms. The van der Waals surface area contributed by atoms with E-state index in [4.69, 9.17) is 5.11 Å². The third-order valence-corrected chi connectivity index (χ3v) is 1.39. The van der Waals surface area contributed by atoms with Gasteiger partial charge in [-0.3, -0.25) is 9.59 Å². The Kier molecular flexibility index (Phi) is 2.54. The molecule has 0 radical (unpaired) electrons. The molecule has 4 nitrogen and oxygen atoms in total. The fourth-order valence-corrected chi connectivity index (χ4v) is 0.796. The summed E-state index contributed by atoms with van der Waals surface area (Å²) in [5.74, 6) is -2.32. The van der Waals surface area contributed by atoms with Crippen molar-refractivity contribution in [1.29, 1.82) is 0 Å². The molecule has 66 valence electrons. The first kappa shape index (κ1) is 9.12. The molecule has 0 saturated heterocycles. The zero-order chi connectivity index (χ0) is 9.84. The van der Waals surface area contributed by atoms with Crippen molar-refractivity contribution in [2.45, 2.75) is 0 Å². The largest absolute Gasteiger partial charge is 0.478 e. The molecule has 0 fully saturated rings. The fraction of sp³-hybridized carbons (Fsp3) is 0. The number of ketones is 2. The van der Waals surface area contributed by atoms with Gasteiger partial charge in [0.25, 0.3) is 0 Å². The SMILES string of the molecule is O=C(O)/C=C/C1=CC(=O)C(=O)C=C1. The molecule has 1 aliphatic carbocycles. The predicted molar refractivity (Wildman–Crippen MR) is 44.0 cm³/mol. The quantitative estimate of drug-likeness (QED) is 0.374. The molecule has 0 aliphatic heterocycles. The van der Waals surface area contributed by atoms with Gasteiger partial charge in [0.1, 0.15) is 0 Å². The van der Waals surface area contributed by atoms with E-state index >= 15 is 0 Å². The Morgan fingerprint density at radius 1 is 1.23 bits per heavy atom. The second kappa shape index (κ2) is 3.62. The zero-order valence-corrected chi connectivity index (χ0v) is 6.56. The average Bonchev–Trinajstić information content (AvgIpc) is 2.07. The van der Waals surface area contributed by atoms with Crippen LogP contribution < -0.4 is 0 Å². The van der Waals surface area contributed by atoms with Gasteiger partial charge < -0.3 is 5.11 Å². The van der Waals surface area contributed by atoms with Crippen LogP contribution in [-0.4, -0.2) is 22.6 Å². The number of allylic oxidation sites excluding steroid dienone is 5. The maximum atomic E-state index is 10.8. The van der Waals surface area contributed by atoms with Crippen LogP contribution in [0.25, 0.3) is 0 Å². The van der Waals surface area contributed by atoms with E-state index < -0.39 is 17.5 Å². The molecule has 1 rings (SSSR count). The maximum absolute atomic E-state index is 10.8. The highest BCUT2D eigenvalue weighted by Crippen LogP contribution is 2.05. The van der Waals surface area contributed by atoms with E-state index in [1.807, 2.05) is 0 Å². The summed E-state index contributed by atoms with van der Waals surface area (Å²) in [4.78, 5) is 31.5. The Morgan fingerprint density at radius 3 is 2.46 bits per heavy atom. The van der Waals surface area contributed by atoms with Gasteiger partial charge in [-0.1, -0.05) is 6.08 Å². The number of hydrogen-bond acceptors (Lipinski definition) is 3. The van der Waals surface area contributed by atoms with E-state index in [1.54, 1.807) is 0 Å². The van der Waals surface area contributed by atoms with Crippen molar-refractivity contribution in [1.82, 2.24) is 0 Å². The molecule has 1 aliphatic rings. The number of aliphatic carboxylic acids is 1. The first-order chi connectivity index (χ1) is 6.09. The summed E-state index contributed by atoms with van der Waals surface area (Å²) in [5, 5.41) is 8.27. The van der Waals surface area contributed by atoms with Gasteiger partial charge in [-0.15, -0.1) is 0 Å². The van der Waals surface area contributed by atoms with Crippen LogP contribution >= 0.6 is 0 Å². The molecule has 0 aromatic carbocycles. The van der Waals surface area contributed by atoms with Crippen molar-refractivity contribution in [3.63, 3.8) is 0 Å². The molecule has 0 saturated carbocycles. The van der Waals surface area contributed by atoms with Crippen LogP contribution in [0.5, 0.6) is 0 Å². The van der Waals surface area contributed by atoms with Gasteiger partial charge in [0.15, 0.2) is 0 Å². The third-order valence-electron chi connectivity index (χ3n) is 1.39. The monoisotopic (exact) mass is 178 g/mol. The molecule has 1 N–H and O–H groups in total. The molecule has 0 aromatic heterocycles. The van der Waals surface area contributed by atoms with Crippen LogP contribution in [0.4, 0.5) is 0 Å². The molecular weight excluding hydrogens is 172 g/mol. The van der Waals surface area contributed by atoms with Crippen molar-refractivity contribution < 1.29 is 19.5 Å². The summed E-state index contributed by atoms with van der Waals surface area (Å²) in [7, 11) is 0. The van der Waals surface area contributed by atoms with Crippen LogP contribution in [0.3, 0.4) is 0 Å². The van der Waals surface area contributed by atoms with Crippen LogP contribution in [-0.2, 0) is 14.4 Å². The van der Waals surface area contributed by atoms with E-state index in [0.29, 0.717) is 5.57 Å². The Balaban J connectivity index is 2.80. The van der Waals surface area contributed by atoms with Crippen molar-refractivity contribution >= 4 is 17.5 Å². The zero-order valence-electron chi connectivity index (χ0n) is 6.56. The molecule has 0 atom stereocenters. The van der Waals surface area contributed by atoms with Gasteiger partial charge >= 0.3 is 5.97 Å². The summed E-state index contributed by atoms with van der Waals surface area (Å²) in [6.07, 6.45) is 5.76. The van der Waals surface area contributed by atoms with Crippen molar-refractivity contribution in [2.24, 2.45) is 0 Å². The molecule has 0 aromatic rings. The highest BCUT2D eigenvalue weighted by Gasteiger charge is 2.11. The van der Waals surface area contributed by atoms with Gasteiger partial charge in [0, 0.05) is 6.08 Å². The maximum Gasteiger partial charge on any atom is 0.328 e. The van der Waals surface area contributed by atoms with E-state index in [2.05, 4.69) is 0 Å². The van der Waals surface area contributed by atoms with Gasteiger partial charge in [0.2, 0.25) is 11.6 Å². The minimum Gasteiger partial charge on any atom is -0.478 e. The van der Waals surface area contributed by atoms with Crippen molar-refractivity contribution in [2.75, 3.05) is 0 Å². The molecule has 0 bridgehead atoms. The smallest absolute Gasteiger partial charge is 0.328 e. The van der Waals surface area contributed by atoms with Crippen LogP contribution in [0.1, 0.15) is 0 Å². The molecular formula is C9H6O4. The standard InChI is InChI=1S/C9H6O4/c10-7-3-1-6(5-8(7)11)2-4-9(12)13/h1-5H,(H,12,13)/b4-2+. The number of carbonyl (C=O) groups excluding carboxylic acids is 2. The number of carboxylic acids is 1. The first-order valence-electron chi connectivity index (χ1n) is 3.48. The lowest BCUT2D eigenvalue weighted by molar-refractivity contribution is -0.131. The Morgan fingerprint density at radius 2 is 1.92 bits per heavy atom. The normalized spacial score (nSPS) is 16.5. The van der Waals surface area contributed by atoms with Gasteiger partial charge in [-0.2, -0.15) is 0 Å². The predicted octanol–water partition coefficient (Wildman–Crippen LogP) is 0.262. The first-order valence-corrected chi connectivity index (χ1v) is 3.48. The van der Waals surface area contributed by atoms with Gasteiger partial charge in [0.05, 0.1) is 0 Å². The highest BCUT2D eigenvalue weighted by atomic mass is 16.4. The van der Waals surface area contributed by atoms with E-state index in [9.17, 15) is 14.4 Å². The van der Waals surface area contributed by atoms with Crippen molar-refractivity contribution in [3.05, 3.63) is 36.0 Å². The minimum atomic E-state index is -1.10. The molecule has 0 unspecified atom stereocenters. The Hall–Kier alpha value is -1.97. The molecule has 0 heterocycles. The van der Waals surface area contributed by atoms with Crippen LogP contribution in [0.15, 0.2) is 36.0 Å². The van der Waals surface area contributed by atoms with E-state index in [1.165, 1.54) is 12.2 Å². The molecule has 0 spiro atoms. The third kappa shape index (κ3) is 2.52. The fourth-order valence-electron chi connectivity index (χ4n) is 0.796. The van der Waals surface area contributed by atoms with E-state index in [0.717, 1.165) is 18.2 Å². The Bertz CT molecular complexity index is 358. The lowest BCUT2D eigenvalue weighted by Gasteiger charge is -1.98. The van der Waals surface area contributed by atoms with Crippen molar-refractivity contribution in [3.8, 4) is 0 Å². The summed E-state index contributed by atoms with van der Waals surface area (Å²) in [6.45, 7) is 0. The lowest BCUT2D eigenvalue weighted by atomic mass is 10.1. The number of carboxylic acid groups (broad SMARTS) is 1. The summed E-state index contributed by atoms with van der Waals surface area (Å²) >= 11 is 0. The summed E-state index contributed by atoms with van der Waals surface area (Å²) in [6, 6.07) is 0. The highest BCUT2D eigenvalue weighted by molar-refractivity contribution is 6.46. The second-order valence-corrected chi connectivity index (χ2v) is 2.38. The minimum absolute atomic E-state index is 0.409. The van der Waals surface area contributed by atoms with Gasteiger partial charge in [-0.05, 0) is 23.8 Å². The summed E-state index contributed by atoms with van der Waals surface area (Å²) < 4.78 is 0. The number of rotatable bonds is 2. The molecule has 0 amide bonds. The van der Waals surface area contributed by atoms with Crippen LogP contribution in [0.2, 0.25) is 0 Å². The van der Waals surface area contributed by atoms with Gasteiger partial charge in [-0.25, -0.2) is 4.79 Å². The number of hydrogen-bond donors (Lipinski definition) is 1. The average molecular weight is 178 g/mol. The van der Waals surface area contributed by atoms with E-state index in [-0.39, 0.29) is 0 Å². The topological polar surface area (TPSA) is 71.4 Å². The van der Waals surface area contributed by atoms with Crippen LogP contribution in [0, 0.1) is 0 Å². The summed E-state index contributed by atoms with van der Waals surface area (Å²) in [5.41, 5.74) is 0.409. The molecule has 4 heteroatoms. The second-order valence-electron chi connectivity index (χ2n) is 2.38.